The highest BCUT2D eigenvalue weighted by molar-refractivity contribution is 7.16. The fraction of sp³-hybridized carbons (Fsp3) is 0. The lowest BCUT2D eigenvalue weighted by molar-refractivity contribution is 0.444. The van der Waals surface area contributed by atoms with E-state index in [2.05, 4.69) is 4.98 Å². The van der Waals surface area contributed by atoms with Crippen molar-refractivity contribution in [1.29, 1.82) is 5.26 Å². The highest BCUT2D eigenvalue weighted by Crippen LogP contribution is 2.35. The Bertz CT molecular complexity index is 838. The zero-order valence-electron chi connectivity index (χ0n) is 10.1. The third-order valence-electron chi connectivity index (χ3n) is 2.78. The Morgan fingerprint density at radius 1 is 1.25 bits per heavy atom. The molecule has 4 nitrogen and oxygen atoms in total. The van der Waals surface area contributed by atoms with Gasteiger partial charge in [0.1, 0.15) is 11.2 Å². The fourth-order valence-electron chi connectivity index (χ4n) is 1.79. The maximum absolute atomic E-state index is 13.8. The Labute approximate surface area is 117 Å². The highest BCUT2D eigenvalue weighted by Gasteiger charge is 2.11. The summed E-state index contributed by atoms with van der Waals surface area (Å²) in [5.74, 6) is -0.251. The molecule has 6 heteroatoms. The van der Waals surface area contributed by atoms with Crippen LogP contribution in [0.3, 0.4) is 0 Å². The summed E-state index contributed by atoms with van der Waals surface area (Å²) < 4.78 is 20.2. The molecule has 3 aromatic rings. The van der Waals surface area contributed by atoms with Gasteiger partial charge in [0.25, 0.3) is 0 Å². The Morgan fingerprint density at radius 2 is 2.05 bits per heavy atom. The van der Waals surface area contributed by atoms with Gasteiger partial charge in [-0.05, 0) is 30.3 Å². The van der Waals surface area contributed by atoms with Gasteiger partial charge in [0.2, 0.25) is 0 Å². The van der Waals surface area contributed by atoms with E-state index in [0.717, 1.165) is 10.8 Å². The number of halogens is 1. The number of hydrogen-bond donors (Lipinski definition) is 1. The minimum atomic E-state index is -0.609. The summed E-state index contributed by atoms with van der Waals surface area (Å²) in [6.07, 6.45) is 0. The Morgan fingerprint density at radius 3 is 2.80 bits per heavy atom. The number of nitrogens with zero attached hydrogens (tertiary/aromatic N) is 2. The van der Waals surface area contributed by atoms with E-state index in [1.54, 1.807) is 11.6 Å². The van der Waals surface area contributed by atoms with Crippen LogP contribution in [-0.2, 0) is 0 Å². The highest BCUT2D eigenvalue weighted by atomic mass is 32.1. The summed E-state index contributed by atoms with van der Waals surface area (Å²) in [4.78, 5) is 4.15. The third kappa shape index (κ3) is 2.04. The first-order valence-corrected chi connectivity index (χ1v) is 6.56. The second kappa shape index (κ2) is 4.79. The molecular formula is C14H8FN3OS. The van der Waals surface area contributed by atoms with Gasteiger partial charge in [-0.1, -0.05) is 0 Å². The first-order valence-electron chi connectivity index (χ1n) is 5.68. The Kier molecular flexibility index (Phi) is 2.97. The van der Waals surface area contributed by atoms with E-state index in [4.69, 9.17) is 15.7 Å². The number of anilines is 1. The molecule has 0 unspecified atom stereocenters. The monoisotopic (exact) mass is 285 g/mol. The zero-order valence-corrected chi connectivity index (χ0v) is 10.9. The number of fused-ring (bicyclic) bond motifs is 1. The average molecular weight is 285 g/mol. The van der Waals surface area contributed by atoms with Gasteiger partial charge in [-0.3, -0.25) is 0 Å². The molecule has 1 heterocycles. The molecule has 0 bridgehead atoms. The van der Waals surface area contributed by atoms with Crippen LogP contribution in [0.1, 0.15) is 5.56 Å². The summed E-state index contributed by atoms with van der Waals surface area (Å²) in [5, 5.41) is 8.70. The predicted molar refractivity (Wildman–Crippen MR) is 75.2 cm³/mol. The van der Waals surface area contributed by atoms with Gasteiger partial charge < -0.3 is 10.5 Å². The second-order valence-electron chi connectivity index (χ2n) is 4.04. The molecule has 3 rings (SSSR count). The molecular weight excluding hydrogens is 277 g/mol. The van der Waals surface area contributed by atoms with Crippen molar-refractivity contribution in [3.63, 3.8) is 0 Å². The van der Waals surface area contributed by atoms with Gasteiger partial charge in [0.15, 0.2) is 17.3 Å². The minimum Gasteiger partial charge on any atom is -0.452 e. The molecule has 0 aliphatic heterocycles. The topological polar surface area (TPSA) is 71.9 Å². The average Bonchev–Trinajstić information content (AvgIpc) is 2.93. The SMILES string of the molecule is N#Cc1ccc(Oc2ccc3scnc3c2N)c(F)c1. The third-order valence-corrected chi connectivity index (χ3v) is 3.58. The van der Waals surface area contributed by atoms with E-state index in [1.807, 2.05) is 12.1 Å². The molecule has 0 aliphatic carbocycles. The molecule has 0 fully saturated rings. The quantitative estimate of drug-likeness (QED) is 0.729. The normalized spacial score (nSPS) is 10.4. The molecule has 2 N–H and O–H groups in total. The molecule has 0 aliphatic rings. The van der Waals surface area contributed by atoms with Crippen molar-refractivity contribution in [3.8, 4) is 17.6 Å². The van der Waals surface area contributed by atoms with Gasteiger partial charge in [-0.15, -0.1) is 11.3 Å². The van der Waals surface area contributed by atoms with Crippen molar-refractivity contribution in [2.75, 3.05) is 5.73 Å². The Balaban J connectivity index is 2.01. The molecule has 0 radical (unpaired) electrons. The van der Waals surface area contributed by atoms with Crippen LogP contribution in [0.5, 0.6) is 11.5 Å². The van der Waals surface area contributed by atoms with Gasteiger partial charge >= 0.3 is 0 Å². The maximum atomic E-state index is 13.8. The van der Waals surface area contributed by atoms with Crippen molar-refractivity contribution < 1.29 is 9.13 Å². The van der Waals surface area contributed by atoms with Crippen LogP contribution in [0.2, 0.25) is 0 Å². The lowest BCUT2D eigenvalue weighted by Crippen LogP contribution is -1.95. The molecule has 0 spiro atoms. The molecule has 0 atom stereocenters. The minimum absolute atomic E-state index is 0.0188. The number of aromatic nitrogens is 1. The van der Waals surface area contributed by atoms with E-state index in [0.29, 0.717) is 17.0 Å². The number of thiazole rings is 1. The number of benzene rings is 2. The predicted octanol–water partition coefficient (Wildman–Crippen LogP) is 3.68. The first kappa shape index (κ1) is 12.4. The van der Waals surface area contributed by atoms with Crippen molar-refractivity contribution in [1.82, 2.24) is 4.98 Å². The second-order valence-corrected chi connectivity index (χ2v) is 4.92. The zero-order chi connectivity index (χ0) is 14.1. The smallest absolute Gasteiger partial charge is 0.167 e. The Hall–Kier alpha value is -2.65. The molecule has 1 aromatic heterocycles. The van der Waals surface area contributed by atoms with E-state index in [9.17, 15) is 4.39 Å². The fourth-order valence-corrected chi connectivity index (χ4v) is 2.49. The number of ether oxygens (including phenoxy) is 1. The van der Waals surface area contributed by atoms with Crippen LogP contribution in [0.15, 0.2) is 35.8 Å². The molecule has 0 amide bonds. The molecule has 20 heavy (non-hydrogen) atoms. The summed E-state index contributed by atoms with van der Waals surface area (Å²) >= 11 is 1.47. The van der Waals surface area contributed by atoms with Gasteiger partial charge in [0, 0.05) is 0 Å². The summed E-state index contributed by atoms with van der Waals surface area (Å²) in [7, 11) is 0. The summed E-state index contributed by atoms with van der Waals surface area (Å²) in [6.45, 7) is 0. The molecule has 0 saturated heterocycles. The summed E-state index contributed by atoms with van der Waals surface area (Å²) in [5.41, 5.74) is 8.89. The van der Waals surface area contributed by atoms with Crippen molar-refractivity contribution >= 4 is 27.2 Å². The molecule has 98 valence electrons. The first-order chi connectivity index (χ1) is 9.69. The maximum Gasteiger partial charge on any atom is 0.167 e. The molecule has 0 saturated carbocycles. The molecule has 2 aromatic carbocycles. The summed E-state index contributed by atoms with van der Waals surface area (Å²) in [6, 6.07) is 9.36. The van der Waals surface area contributed by atoms with Crippen molar-refractivity contribution in [3.05, 3.63) is 47.2 Å². The standard InChI is InChI=1S/C14H8FN3OS/c15-9-5-8(6-16)1-2-10(9)19-11-3-4-12-14(13(11)17)18-7-20-12/h1-5,7H,17H2. The van der Waals surface area contributed by atoms with Gasteiger partial charge in [0.05, 0.1) is 21.8 Å². The number of hydrogen-bond acceptors (Lipinski definition) is 5. The largest absolute Gasteiger partial charge is 0.452 e. The lowest BCUT2D eigenvalue weighted by Gasteiger charge is -2.09. The number of nitrogen functional groups attached to an aromatic ring is 1. The number of rotatable bonds is 2. The van der Waals surface area contributed by atoms with Crippen LogP contribution in [-0.4, -0.2) is 4.98 Å². The van der Waals surface area contributed by atoms with Crippen LogP contribution >= 0.6 is 11.3 Å². The van der Waals surface area contributed by atoms with E-state index >= 15 is 0 Å². The van der Waals surface area contributed by atoms with Crippen molar-refractivity contribution in [2.45, 2.75) is 0 Å². The van der Waals surface area contributed by atoms with Crippen LogP contribution in [0.4, 0.5) is 10.1 Å². The van der Waals surface area contributed by atoms with Crippen LogP contribution < -0.4 is 10.5 Å². The van der Waals surface area contributed by atoms with Crippen LogP contribution in [0, 0.1) is 17.1 Å². The number of nitriles is 1. The van der Waals surface area contributed by atoms with Gasteiger partial charge in [-0.2, -0.15) is 5.26 Å². The van der Waals surface area contributed by atoms with Gasteiger partial charge in [-0.25, -0.2) is 9.37 Å². The van der Waals surface area contributed by atoms with E-state index < -0.39 is 5.82 Å². The van der Waals surface area contributed by atoms with E-state index in [-0.39, 0.29) is 11.3 Å². The van der Waals surface area contributed by atoms with Crippen molar-refractivity contribution in [2.24, 2.45) is 0 Å². The van der Waals surface area contributed by atoms with E-state index in [1.165, 1.54) is 23.5 Å². The lowest BCUT2D eigenvalue weighted by atomic mass is 10.2. The number of nitrogens with two attached hydrogens (primary N) is 1. The van der Waals surface area contributed by atoms with Crippen LogP contribution in [0.25, 0.3) is 10.2 Å².